The summed E-state index contributed by atoms with van der Waals surface area (Å²) >= 11 is 1.67. The molecular formula is C16H25N3O2S. The average Bonchev–Trinajstić information content (AvgIpc) is 2.83. The Morgan fingerprint density at radius 2 is 2.32 bits per heavy atom. The van der Waals surface area contributed by atoms with Gasteiger partial charge in [0.05, 0.1) is 29.5 Å². The molecule has 0 saturated carbocycles. The first-order valence-electron chi connectivity index (χ1n) is 7.94. The van der Waals surface area contributed by atoms with Crippen LogP contribution in [-0.2, 0) is 16.1 Å². The minimum Gasteiger partial charge on any atom is -0.375 e. The molecule has 122 valence electrons. The van der Waals surface area contributed by atoms with E-state index in [0.717, 1.165) is 43.4 Å². The Kier molecular flexibility index (Phi) is 4.52. The maximum Gasteiger partial charge on any atom is 0.219 e. The molecule has 0 N–H and O–H groups in total. The maximum absolute atomic E-state index is 11.4. The SMILES string of the molecule is CC(=O)N1CC2(CC(COCc3csc(C)n3)CCN2C)C1. The number of thiazole rings is 1. The molecule has 0 aromatic carbocycles. The minimum atomic E-state index is 0.190. The summed E-state index contributed by atoms with van der Waals surface area (Å²) < 4.78 is 5.89. The van der Waals surface area contributed by atoms with E-state index in [-0.39, 0.29) is 11.4 Å². The summed E-state index contributed by atoms with van der Waals surface area (Å²) in [5, 5.41) is 3.16. The van der Waals surface area contributed by atoms with Crippen LogP contribution in [0, 0.1) is 12.8 Å². The third-order valence-corrected chi connectivity index (χ3v) is 5.86. The number of hydrogen-bond donors (Lipinski definition) is 0. The zero-order valence-electron chi connectivity index (χ0n) is 13.7. The lowest BCUT2D eigenvalue weighted by atomic mass is 9.75. The molecule has 2 fully saturated rings. The van der Waals surface area contributed by atoms with Crippen molar-refractivity contribution < 1.29 is 9.53 Å². The molecule has 5 nitrogen and oxygen atoms in total. The van der Waals surface area contributed by atoms with E-state index in [1.54, 1.807) is 18.3 Å². The second-order valence-corrected chi connectivity index (χ2v) is 7.82. The highest BCUT2D eigenvalue weighted by atomic mass is 32.1. The van der Waals surface area contributed by atoms with Gasteiger partial charge in [-0.2, -0.15) is 0 Å². The number of carbonyl (C=O) groups excluding carboxylic acids is 1. The van der Waals surface area contributed by atoms with Gasteiger partial charge in [-0.1, -0.05) is 0 Å². The van der Waals surface area contributed by atoms with E-state index in [4.69, 9.17) is 4.74 Å². The smallest absolute Gasteiger partial charge is 0.219 e. The molecule has 0 bridgehead atoms. The van der Waals surface area contributed by atoms with Crippen molar-refractivity contribution in [2.75, 3.05) is 33.3 Å². The molecule has 6 heteroatoms. The van der Waals surface area contributed by atoms with Crippen molar-refractivity contribution in [2.45, 2.75) is 38.8 Å². The molecule has 2 aliphatic heterocycles. The van der Waals surface area contributed by atoms with Crippen LogP contribution in [0.2, 0.25) is 0 Å². The summed E-state index contributed by atoms with van der Waals surface area (Å²) in [6.45, 7) is 7.94. The van der Waals surface area contributed by atoms with Crippen LogP contribution in [0.15, 0.2) is 5.38 Å². The number of carbonyl (C=O) groups is 1. The van der Waals surface area contributed by atoms with E-state index in [1.165, 1.54) is 6.42 Å². The van der Waals surface area contributed by atoms with Gasteiger partial charge in [-0.15, -0.1) is 11.3 Å². The van der Waals surface area contributed by atoms with Crippen LogP contribution < -0.4 is 0 Å². The Labute approximate surface area is 136 Å². The first kappa shape index (κ1) is 15.9. The molecule has 2 aliphatic rings. The molecule has 3 heterocycles. The number of likely N-dealkylation sites (tertiary alicyclic amines) is 2. The van der Waals surface area contributed by atoms with Gasteiger partial charge in [-0.3, -0.25) is 9.69 Å². The fourth-order valence-electron chi connectivity index (χ4n) is 3.61. The predicted molar refractivity (Wildman–Crippen MR) is 86.8 cm³/mol. The second-order valence-electron chi connectivity index (χ2n) is 6.75. The molecule has 0 aliphatic carbocycles. The molecule has 1 spiro atoms. The van der Waals surface area contributed by atoms with Crippen LogP contribution in [0.25, 0.3) is 0 Å². The lowest BCUT2D eigenvalue weighted by Crippen LogP contribution is -2.72. The van der Waals surface area contributed by atoms with Gasteiger partial charge < -0.3 is 9.64 Å². The number of amides is 1. The van der Waals surface area contributed by atoms with Crippen LogP contribution >= 0.6 is 11.3 Å². The van der Waals surface area contributed by atoms with E-state index in [2.05, 4.69) is 22.3 Å². The number of aryl methyl sites for hydroxylation is 1. The number of likely N-dealkylation sites (N-methyl/N-ethyl adjacent to an activating group) is 1. The van der Waals surface area contributed by atoms with Gasteiger partial charge in [0.2, 0.25) is 5.91 Å². The predicted octanol–water partition coefficient (Wildman–Crippen LogP) is 1.91. The van der Waals surface area contributed by atoms with Gasteiger partial charge in [0.15, 0.2) is 0 Å². The normalized spacial score (nSPS) is 24.5. The van der Waals surface area contributed by atoms with Crippen molar-refractivity contribution in [2.24, 2.45) is 5.92 Å². The highest BCUT2D eigenvalue weighted by Gasteiger charge is 2.50. The highest BCUT2D eigenvalue weighted by Crippen LogP contribution is 2.38. The molecule has 1 unspecified atom stereocenters. The van der Waals surface area contributed by atoms with Crippen LogP contribution in [0.5, 0.6) is 0 Å². The van der Waals surface area contributed by atoms with Gasteiger partial charge in [-0.05, 0) is 39.3 Å². The number of piperidine rings is 1. The van der Waals surface area contributed by atoms with Crippen LogP contribution in [0.3, 0.4) is 0 Å². The lowest BCUT2D eigenvalue weighted by Gasteiger charge is -2.58. The summed E-state index contributed by atoms with van der Waals surface area (Å²) in [7, 11) is 2.19. The Morgan fingerprint density at radius 1 is 1.55 bits per heavy atom. The molecule has 1 amide bonds. The largest absolute Gasteiger partial charge is 0.375 e. The van der Waals surface area contributed by atoms with Crippen LogP contribution in [0.1, 0.15) is 30.5 Å². The van der Waals surface area contributed by atoms with Crippen molar-refractivity contribution in [1.82, 2.24) is 14.8 Å². The standard InChI is InChI=1S/C16H25N3O2S/c1-12-17-15(9-22-12)8-21-7-14-4-5-18(3)16(6-14)10-19(11-16)13(2)20/h9,14H,4-8,10-11H2,1-3H3. The van der Waals surface area contributed by atoms with E-state index < -0.39 is 0 Å². The minimum absolute atomic E-state index is 0.190. The van der Waals surface area contributed by atoms with Crippen molar-refractivity contribution in [3.05, 3.63) is 16.1 Å². The Bertz CT molecular complexity index is 539. The van der Waals surface area contributed by atoms with Gasteiger partial charge in [0.1, 0.15) is 0 Å². The van der Waals surface area contributed by atoms with Crippen molar-refractivity contribution in [1.29, 1.82) is 0 Å². The third kappa shape index (κ3) is 3.19. The van der Waals surface area contributed by atoms with Gasteiger partial charge in [-0.25, -0.2) is 4.98 Å². The van der Waals surface area contributed by atoms with E-state index in [1.807, 2.05) is 11.8 Å². The van der Waals surface area contributed by atoms with Gasteiger partial charge >= 0.3 is 0 Å². The summed E-state index contributed by atoms with van der Waals surface area (Å²) in [6.07, 6.45) is 2.30. The zero-order chi connectivity index (χ0) is 15.7. The monoisotopic (exact) mass is 323 g/mol. The molecule has 1 aromatic heterocycles. The number of hydrogen-bond acceptors (Lipinski definition) is 5. The molecule has 2 saturated heterocycles. The average molecular weight is 323 g/mol. The molecule has 1 atom stereocenters. The van der Waals surface area contributed by atoms with Crippen molar-refractivity contribution in [3.63, 3.8) is 0 Å². The van der Waals surface area contributed by atoms with E-state index >= 15 is 0 Å². The second kappa shape index (κ2) is 6.26. The summed E-state index contributed by atoms with van der Waals surface area (Å²) in [5.74, 6) is 0.779. The summed E-state index contributed by atoms with van der Waals surface area (Å²) in [5.41, 5.74) is 1.23. The van der Waals surface area contributed by atoms with Crippen LogP contribution in [0.4, 0.5) is 0 Å². The van der Waals surface area contributed by atoms with Gasteiger partial charge in [0, 0.05) is 25.4 Å². The first-order chi connectivity index (χ1) is 10.5. The fraction of sp³-hybridized carbons (Fsp3) is 0.750. The Hall–Kier alpha value is -0.980. The molecule has 1 aromatic rings. The zero-order valence-corrected chi connectivity index (χ0v) is 14.5. The third-order valence-electron chi connectivity index (χ3n) is 5.04. The maximum atomic E-state index is 11.4. The van der Waals surface area contributed by atoms with E-state index in [0.29, 0.717) is 12.5 Å². The van der Waals surface area contributed by atoms with Crippen molar-refractivity contribution in [3.8, 4) is 0 Å². The number of ether oxygens (including phenoxy) is 1. The number of aromatic nitrogens is 1. The molecule has 22 heavy (non-hydrogen) atoms. The molecular weight excluding hydrogens is 298 g/mol. The number of nitrogens with zero attached hydrogens (tertiary/aromatic N) is 3. The quantitative estimate of drug-likeness (QED) is 0.849. The summed E-state index contributed by atoms with van der Waals surface area (Å²) in [4.78, 5) is 20.3. The first-order valence-corrected chi connectivity index (χ1v) is 8.82. The summed E-state index contributed by atoms with van der Waals surface area (Å²) in [6, 6.07) is 0. The van der Waals surface area contributed by atoms with Crippen molar-refractivity contribution >= 4 is 17.2 Å². The topological polar surface area (TPSA) is 45.7 Å². The number of rotatable bonds is 4. The Balaban J connectivity index is 1.48. The highest BCUT2D eigenvalue weighted by molar-refractivity contribution is 7.09. The molecule has 0 radical (unpaired) electrons. The lowest BCUT2D eigenvalue weighted by molar-refractivity contribution is -0.148. The van der Waals surface area contributed by atoms with E-state index in [9.17, 15) is 4.79 Å². The molecule has 3 rings (SSSR count). The van der Waals surface area contributed by atoms with Gasteiger partial charge in [0.25, 0.3) is 0 Å². The van der Waals surface area contributed by atoms with Crippen LogP contribution in [-0.4, -0.2) is 59.5 Å². The fourth-order valence-corrected chi connectivity index (χ4v) is 4.21. The Morgan fingerprint density at radius 3 is 2.95 bits per heavy atom.